The van der Waals surface area contributed by atoms with Crippen LogP contribution in [0.25, 0.3) is 0 Å². The second-order valence-electron chi connectivity index (χ2n) is 7.23. The van der Waals surface area contributed by atoms with Crippen molar-refractivity contribution in [1.82, 2.24) is 9.97 Å². The SMILES string of the molecule is COc1ccc(C)cc1Nc1nc(C)cc(N(Cc2ccccc2)C(C)C)n1. The predicted molar refractivity (Wildman–Crippen MR) is 116 cm³/mol. The van der Waals surface area contributed by atoms with Crippen LogP contribution in [0.4, 0.5) is 17.5 Å². The molecule has 0 radical (unpaired) electrons. The van der Waals surface area contributed by atoms with E-state index in [0.29, 0.717) is 12.0 Å². The van der Waals surface area contributed by atoms with Crippen LogP contribution >= 0.6 is 0 Å². The van der Waals surface area contributed by atoms with E-state index >= 15 is 0 Å². The number of benzene rings is 2. The van der Waals surface area contributed by atoms with Gasteiger partial charge in [-0.2, -0.15) is 4.98 Å². The molecule has 1 heterocycles. The van der Waals surface area contributed by atoms with Crippen molar-refractivity contribution in [1.29, 1.82) is 0 Å². The summed E-state index contributed by atoms with van der Waals surface area (Å²) in [7, 11) is 1.67. The van der Waals surface area contributed by atoms with Gasteiger partial charge in [0.15, 0.2) is 0 Å². The van der Waals surface area contributed by atoms with E-state index in [4.69, 9.17) is 9.72 Å². The van der Waals surface area contributed by atoms with E-state index in [1.807, 2.05) is 44.2 Å². The van der Waals surface area contributed by atoms with Crippen molar-refractivity contribution in [2.45, 2.75) is 40.3 Å². The van der Waals surface area contributed by atoms with Crippen molar-refractivity contribution in [2.75, 3.05) is 17.3 Å². The van der Waals surface area contributed by atoms with Crippen LogP contribution in [0.1, 0.15) is 30.7 Å². The van der Waals surface area contributed by atoms with E-state index in [0.717, 1.165) is 35.1 Å². The van der Waals surface area contributed by atoms with E-state index in [1.54, 1.807) is 7.11 Å². The zero-order valence-corrected chi connectivity index (χ0v) is 17.2. The van der Waals surface area contributed by atoms with E-state index in [-0.39, 0.29) is 0 Å². The molecule has 0 aliphatic carbocycles. The second-order valence-corrected chi connectivity index (χ2v) is 7.23. The summed E-state index contributed by atoms with van der Waals surface area (Å²) in [5.41, 5.74) is 4.17. The average molecular weight is 377 g/mol. The third-order valence-electron chi connectivity index (χ3n) is 4.56. The number of aryl methyl sites for hydroxylation is 2. The number of nitrogens with zero attached hydrogens (tertiary/aromatic N) is 3. The molecule has 5 nitrogen and oxygen atoms in total. The van der Waals surface area contributed by atoms with E-state index in [9.17, 15) is 0 Å². The zero-order valence-electron chi connectivity index (χ0n) is 17.2. The number of ether oxygens (including phenoxy) is 1. The lowest BCUT2D eigenvalue weighted by Gasteiger charge is -2.28. The van der Waals surface area contributed by atoms with Crippen LogP contribution in [-0.4, -0.2) is 23.1 Å². The fraction of sp³-hybridized carbons (Fsp3) is 0.304. The highest BCUT2D eigenvalue weighted by molar-refractivity contribution is 5.64. The molecule has 5 heteroatoms. The first kappa shape index (κ1) is 19.7. The number of rotatable bonds is 7. The molecule has 0 aliphatic heterocycles. The van der Waals surface area contributed by atoms with Crippen molar-refractivity contribution in [2.24, 2.45) is 0 Å². The van der Waals surface area contributed by atoms with Gasteiger partial charge in [-0.05, 0) is 51.0 Å². The Morgan fingerprint density at radius 3 is 2.43 bits per heavy atom. The first-order valence-corrected chi connectivity index (χ1v) is 9.54. The third-order valence-corrected chi connectivity index (χ3v) is 4.56. The van der Waals surface area contributed by atoms with Gasteiger partial charge in [-0.25, -0.2) is 4.98 Å². The van der Waals surface area contributed by atoms with Crippen LogP contribution < -0.4 is 15.0 Å². The molecule has 0 fully saturated rings. The van der Waals surface area contributed by atoms with E-state index in [1.165, 1.54) is 5.56 Å². The molecule has 0 unspecified atom stereocenters. The van der Waals surface area contributed by atoms with Crippen LogP contribution in [0.2, 0.25) is 0 Å². The summed E-state index contributed by atoms with van der Waals surface area (Å²) in [5.74, 6) is 2.24. The Labute approximate surface area is 167 Å². The molecular weight excluding hydrogens is 348 g/mol. The summed E-state index contributed by atoms with van der Waals surface area (Å²) in [6, 6.07) is 18.8. The van der Waals surface area contributed by atoms with Gasteiger partial charge in [0.1, 0.15) is 11.6 Å². The summed E-state index contributed by atoms with van der Waals surface area (Å²) in [5, 5.41) is 3.33. The summed E-state index contributed by atoms with van der Waals surface area (Å²) in [6.07, 6.45) is 0. The molecular formula is C23H28N4O. The Hall–Kier alpha value is -3.08. The molecule has 146 valence electrons. The van der Waals surface area contributed by atoms with Gasteiger partial charge >= 0.3 is 0 Å². The predicted octanol–water partition coefficient (Wildman–Crippen LogP) is 5.26. The Bertz CT molecular complexity index is 925. The molecule has 28 heavy (non-hydrogen) atoms. The normalized spacial score (nSPS) is 10.8. The molecule has 0 aliphatic rings. The van der Waals surface area contributed by atoms with Gasteiger partial charge in [0.2, 0.25) is 5.95 Å². The van der Waals surface area contributed by atoms with Gasteiger partial charge in [0, 0.05) is 24.3 Å². The monoisotopic (exact) mass is 376 g/mol. The molecule has 0 amide bonds. The molecule has 0 spiro atoms. The minimum Gasteiger partial charge on any atom is -0.495 e. The fourth-order valence-corrected chi connectivity index (χ4v) is 3.10. The van der Waals surface area contributed by atoms with Gasteiger partial charge in [-0.1, -0.05) is 36.4 Å². The highest BCUT2D eigenvalue weighted by Gasteiger charge is 2.15. The van der Waals surface area contributed by atoms with Crippen LogP contribution in [0, 0.1) is 13.8 Å². The number of methoxy groups -OCH3 is 1. The smallest absolute Gasteiger partial charge is 0.229 e. The van der Waals surface area contributed by atoms with Gasteiger partial charge in [-0.3, -0.25) is 0 Å². The van der Waals surface area contributed by atoms with Crippen molar-refractivity contribution in [3.8, 4) is 5.75 Å². The Balaban J connectivity index is 1.92. The van der Waals surface area contributed by atoms with Gasteiger partial charge < -0.3 is 15.0 Å². The lowest BCUT2D eigenvalue weighted by molar-refractivity contribution is 0.416. The topological polar surface area (TPSA) is 50.3 Å². The number of hydrogen-bond acceptors (Lipinski definition) is 5. The van der Waals surface area contributed by atoms with Crippen molar-refractivity contribution in [3.63, 3.8) is 0 Å². The molecule has 0 bridgehead atoms. The third kappa shape index (κ3) is 4.80. The molecule has 0 atom stereocenters. The first-order valence-electron chi connectivity index (χ1n) is 9.54. The molecule has 1 N–H and O–H groups in total. The fourth-order valence-electron chi connectivity index (χ4n) is 3.10. The summed E-state index contributed by atoms with van der Waals surface area (Å²) in [4.78, 5) is 11.7. The molecule has 3 rings (SSSR count). The molecule has 0 saturated heterocycles. The molecule has 2 aromatic carbocycles. The maximum absolute atomic E-state index is 5.47. The first-order chi connectivity index (χ1) is 13.5. The minimum atomic E-state index is 0.302. The quantitative estimate of drug-likeness (QED) is 0.609. The number of anilines is 3. The Morgan fingerprint density at radius 2 is 1.75 bits per heavy atom. The van der Waals surface area contributed by atoms with Crippen molar-refractivity contribution < 1.29 is 4.74 Å². The standard InChI is InChI=1S/C23H28N4O/c1-16(2)27(15-19-9-7-6-8-10-19)22-14-18(4)24-23(26-22)25-20-13-17(3)11-12-21(20)28-5/h6-14,16H,15H2,1-5H3,(H,24,25,26). The van der Waals surface area contributed by atoms with Crippen LogP contribution in [0.3, 0.4) is 0 Å². The molecule has 1 aromatic heterocycles. The summed E-state index contributed by atoms with van der Waals surface area (Å²) >= 11 is 0. The second kappa shape index (κ2) is 8.74. The van der Waals surface area contributed by atoms with Gasteiger partial charge in [0.25, 0.3) is 0 Å². The maximum atomic E-state index is 5.47. The zero-order chi connectivity index (χ0) is 20.1. The Kier molecular flexibility index (Phi) is 6.14. The van der Waals surface area contributed by atoms with E-state index in [2.05, 4.69) is 53.3 Å². The van der Waals surface area contributed by atoms with Crippen LogP contribution in [0.5, 0.6) is 5.75 Å². The van der Waals surface area contributed by atoms with Gasteiger partial charge in [-0.15, -0.1) is 0 Å². The summed E-state index contributed by atoms with van der Waals surface area (Å²) in [6.45, 7) is 9.19. The minimum absolute atomic E-state index is 0.302. The van der Waals surface area contributed by atoms with Crippen LogP contribution in [-0.2, 0) is 6.54 Å². The highest BCUT2D eigenvalue weighted by Crippen LogP contribution is 2.28. The maximum Gasteiger partial charge on any atom is 0.229 e. The lowest BCUT2D eigenvalue weighted by atomic mass is 10.2. The van der Waals surface area contributed by atoms with E-state index < -0.39 is 0 Å². The number of nitrogens with one attached hydrogen (secondary N) is 1. The molecule has 0 saturated carbocycles. The Morgan fingerprint density at radius 1 is 1.00 bits per heavy atom. The number of aromatic nitrogens is 2. The largest absolute Gasteiger partial charge is 0.495 e. The summed E-state index contributed by atoms with van der Waals surface area (Å²) < 4.78 is 5.47. The lowest BCUT2D eigenvalue weighted by Crippen LogP contribution is -2.31. The highest BCUT2D eigenvalue weighted by atomic mass is 16.5. The average Bonchev–Trinajstić information content (AvgIpc) is 2.66. The molecule has 3 aromatic rings. The van der Waals surface area contributed by atoms with Gasteiger partial charge in [0.05, 0.1) is 12.8 Å². The van der Waals surface area contributed by atoms with Crippen molar-refractivity contribution >= 4 is 17.5 Å². The van der Waals surface area contributed by atoms with Crippen LogP contribution in [0.15, 0.2) is 54.6 Å². The van der Waals surface area contributed by atoms with Crippen molar-refractivity contribution in [3.05, 3.63) is 71.4 Å². The number of hydrogen-bond donors (Lipinski definition) is 1.